The Hall–Kier alpha value is -1.92. The van der Waals surface area contributed by atoms with Crippen LogP contribution in [0.4, 0.5) is 5.82 Å². The predicted octanol–water partition coefficient (Wildman–Crippen LogP) is 4.35. The van der Waals surface area contributed by atoms with E-state index in [0.717, 1.165) is 61.7 Å². The molecule has 0 saturated carbocycles. The zero-order valence-corrected chi connectivity index (χ0v) is 16.3. The number of aromatic nitrogens is 2. The molecule has 0 bridgehead atoms. The van der Waals surface area contributed by atoms with Gasteiger partial charge in [-0.25, -0.2) is 9.97 Å². The molecule has 1 aliphatic heterocycles. The molecule has 3 aromatic rings. The summed E-state index contributed by atoms with van der Waals surface area (Å²) in [4.78, 5) is 11.8. The van der Waals surface area contributed by atoms with Crippen LogP contribution in [-0.2, 0) is 4.74 Å². The van der Waals surface area contributed by atoms with Crippen molar-refractivity contribution in [3.8, 4) is 11.4 Å². The average molecular weight is 403 g/mol. The second kappa shape index (κ2) is 8.40. The highest BCUT2D eigenvalue weighted by atomic mass is 35.5. The summed E-state index contributed by atoms with van der Waals surface area (Å²) < 4.78 is 5.40. The lowest BCUT2D eigenvalue weighted by atomic mass is 10.2. The summed E-state index contributed by atoms with van der Waals surface area (Å²) in [5, 5.41) is 5.77. The number of nitrogens with one attached hydrogen (secondary N) is 1. The lowest BCUT2D eigenvalue weighted by Crippen LogP contribution is -2.39. The number of nitrogens with zero attached hydrogens (tertiary/aromatic N) is 3. The molecule has 5 nitrogen and oxygen atoms in total. The lowest BCUT2D eigenvalue weighted by Gasteiger charge is -2.26. The van der Waals surface area contributed by atoms with Crippen molar-refractivity contribution >= 4 is 39.9 Å². The van der Waals surface area contributed by atoms with E-state index in [4.69, 9.17) is 32.9 Å². The van der Waals surface area contributed by atoms with E-state index in [1.165, 1.54) is 0 Å². The first-order chi connectivity index (χ1) is 13.2. The molecule has 2 aromatic carbocycles. The van der Waals surface area contributed by atoms with Crippen molar-refractivity contribution in [3.05, 3.63) is 52.5 Å². The minimum absolute atomic E-state index is 0.648. The Morgan fingerprint density at radius 1 is 0.963 bits per heavy atom. The molecule has 1 fully saturated rings. The number of morpholine rings is 1. The second-order valence-electron chi connectivity index (χ2n) is 6.44. The largest absolute Gasteiger partial charge is 0.379 e. The minimum Gasteiger partial charge on any atom is -0.379 e. The van der Waals surface area contributed by atoms with Gasteiger partial charge >= 0.3 is 0 Å². The summed E-state index contributed by atoms with van der Waals surface area (Å²) in [6.45, 7) is 5.29. The van der Waals surface area contributed by atoms with Crippen LogP contribution in [0.3, 0.4) is 0 Å². The standard InChI is InChI=1S/C20H20Cl2N4O/c21-15-3-1-14(2-4-15)19-24-18-13-16(22)5-6-17(18)20(25-19)23-7-8-26-9-11-27-12-10-26/h1-6,13H,7-12H2,(H,23,24,25). The fourth-order valence-corrected chi connectivity index (χ4v) is 3.42. The van der Waals surface area contributed by atoms with Crippen LogP contribution in [0, 0.1) is 0 Å². The molecule has 0 aliphatic carbocycles. The number of rotatable bonds is 5. The van der Waals surface area contributed by atoms with E-state index in [-0.39, 0.29) is 0 Å². The highest BCUT2D eigenvalue weighted by molar-refractivity contribution is 6.31. The van der Waals surface area contributed by atoms with Crippen LogP contribution in [0.15, 0.2) is 42.5 Å². The minimum atomic E-state index is 0.648. The first kappa shape index (κ1) is 18.4. The van der Waals surface area contributed by atoms with Gasteiger partial charge < -0.3 is 10.1 Å². The van der Waals surface area contributed by atoms with Gasteiger partial charge in [-0.15, -0.1) is 0 Å². The number of fused-ring (bicyclic) bond motifs is 1. The van der Waals surface area contributed by atoms with Crippen LogP contribution in [0.25, 0.3) is 22.3 Å². The molecular formula is C20H20Cl2N4O. The molecule has 1 aromatic heterocycles. The average Bonchev–Trinajstić information content (AvgIpc) is 2.69. The number of benzene rings is 2. The monoisotopic (exact) mass is 402 g/mol. The summed E-state index contributed by atoms with van der Waals surface area (Å²) >= 11 is 12.2. The Morgan fingerprint density at radius 2 is 1.70 bits per heavy atom. The quantitative estimate of drug-likeness (QED) is 0.687. The van der Waals surface area contributed by atoms with Crippen molar-refractivity contribution in [2.75, 3.05) is 44.7 Å². The fourth-order valence-electron chi connectivity index (χ4n) is 3.12. The molecule has 140 valence electrons. The van der Waals surface area contributed by atoms with E-state index in [9.17, 15) is 0 Å². The zero-order valence-electron chi connectivity index (χ0n) is 14.8. The smallest absolute Gasteiger partial charge is 0.162 e. The predicted molar refractivity (Wildman–Crippen MR) is 111 cm³/mol. The Labute approximate surface area is 168 Å². The highest BCUT2D eigenvalue weighted by Crippen LogP contribution is 2.27. The maximum atomic E-state index is 6.18. The van der Waals surface area contributed by atoms with E-state index in [1.54, 1.807) is 0 Å². The summed E-state index contributed by atoms with van der Waals surface area (Å²) in [7, 11) is 0. The first-order valence-corrected chi connectivity index (χ1v) is 9.72. The Balaban J connectivity index is 1.61. The van der Waals surface area contributed by atoms with Gasteiger partial charge in [0.25, 0.3) is 0 Å². The van der Waals surface area contributed by atoms with Crippen LogP contribution < -0.4 is 5.32 Å². The molecule has 1 saturated heterocycles. The third-order valence-corrected chi connectivity index (χ3v) is 5.07. The lowest BCUT2D eigenvalue weighted by molar-refractivity contribution is 0.0398. The van der Waals surface area contributed by atoms with Gasteiger partial charge in [-0.1, -0.05) is 23.2 Å². The third-order valence-electron chi connectivity index (χ3n) is 4.59. The fraction of sp³-hybridized carbons (Fsp3) is 0.300. The molecule has 0 amide bonds. The number of ether oxygens (including phenoxy) is 1. The summed E-state index contributed by atoms with van der Waals surface area (Å²) in [6, 6.07) is 13.2. The molecule has 7 heteroatoms. The number of hydrogen-bond acceptors (Lipinski definition) is 5. The van der Waals surface area contributed by atoms with Crippen molar-refractivity contribution in [2.45, 2.75) is 0 Å². The van der Waals surface area contributed by atoms with Crippen LogP contribution >= 0.6 is 23.2 Å². The number of anilines is 1. The zero-order chi connectivity index (χ0) is 18.6. The summed E-state index contributed by atoms with van der Waals surface area (Å²) in [5.41, 5.74) is 1.73. The van der Waals surface area contributed by atoms with Crippen LogP contribution in [-0.4, -0.2) is 54.3 Å². The van der Waals surface area contributed by atoms with Gasteiger partial charge in [0.05, 0.1) is 18.7 Å². The summed E-state index contributed by atoms with van der Waals surface area (Å²) in [6.07, 6.45) is 0. The second-order valence-corrected chi connectivity index (χ2v) is 7.32. The molecular weight excluding hydrogens is 383 g/mol. The van der Waals surface area contributed by atoms with Gasteiger partial charge in [0.15, 0.2) is 5.82 Å². The third kappa shape index (κ3) is 4.50. The van der Waals surface area contributed by atoms with Gasteiger partial charge in [0.2, 0.25) is 0 Å². The van der Waals surface area contributed by atoms with Crippen molar-refractivity contribution < 1.29 is 4.74 Å². The Bertz CT molecular complexity index is 927. The summed E-state index contributed by atoms with van der Waals surface area (Å²) in [5.74, 6) is 1.46. The molecule has 27 heavy (non-hydrogen) atoms. The molecule has 0 spiro atoms. The Morgan fingerprint density at radius 3 is 2.48 bits per heavy atom. The van der Waals surface area contributed by atoms with Crippen LogP contribution in [0.2, 0.25) is 10.0 Å². The van der Waals surface area contributed by atoms with Crippen molar-refractivity contribution in [3.63, 3.8) is 0 Å². The Kier molecular flexibility index (Phi) is 5.74. The van der Waals surface area contributed by atoms with Gasteiger partial charge in [0, 0.05) is 47.2 Å². The topological polar surface area (TPSA) is 50.3 Å². The van der Waals surface area contributed by atoms with E-state index in [1.807, 2.05) is 42.5 Å². The van der Waals surface area contributed by atoms with Gasteiger partial charge in [-0.2, -0.15) is 0 Å². The normalized spacial score (nSPS) is 15.2. The number of hydrogen-bond donors (Lipinski definition) is 1. The van der Waals surface area contributed by atoms with Gasteiger partial charge in [0.1, 0.15) is 5.82 Å². The van der Waals surface area contributed by atoms with Crippen LogP contribution in [0.1, 0.15) is 0 Å². The van der Waals surface area contributed by atoms with E-state index >= 15 is 0 Å². The molecule has 4 rings (SSSR count). The van der Waals surface area contributed by atoms with E-state index in [0.29, 0.717) is 15.9 Å². The van der Waals surface area contributed by atoms with Crippen molar-refractivity contribution in [1.82, 2.24) is 14.9 Å². The molecule has 0 radical (unpaired) electrons. The van der Waals surface area contributed by atoms with Crippen LogP contribution in [0.5, 0.6) is 0 Å². The van der Waals surface area contributed by atoms with Gasteiger partial charge in [-0.05, 0) is 42.5 Å². The molecule has 1 aliphatic rings. The highest BCUT2D eigenvalue weighted by Gasteiger charge is 2.12. The maximum Gasteiger partial charge on any atom is 0.162 e. The first-order valence-electron chi connectivity index (χ1n) is 8.96. The van der Waals surface area contributed by atoms with Crippen molar-refractivity contribution in [2.24, 2.45) is 0 Å². The molecule has 1 N–H and O–H groups in total. The van der Waals surface area contributed by atoms with Gasteiger partial charge in [-0.3, -0.25) is 4.90 Å². The van der Waals surface area contributed by atoms with Crippen molar-refractivity contribution in [1.29, 1.82) is 0 Å². The maximum absolute atomic E-state index is 6.18. The molecule has 0 atom stereocenters. The number of halogens is 2. The molecule has 0 unspecified atom stereocenters. The van der Waals surface area contributed by atoms with E-state index in [2.05, 4.69) is 15.2 Å². The van der Waals surface area contributed by atoms with E-state index < -0.39 is 0 Å². The SMILES string of the molecule is Clc1ccc(-c2nc(NCCN3CCOCC3)c3ccc(Cl)cc3n2)cc1. The molecule has 2 heterocycles.